The number of nitrogens with zero attached hydrogens (tertiary/aromatic N) is 1. The van der Waals surface area contributed by atoms with Crippen molar-refractivity contribution < 1.29 is 4.74 Å². The zero-order valence-electron chi connectivity index (χ0n) is 9.47. The van der Waals surface area contributed by atoms with Crippen molar-refractivity contribution in [2.75, 3.05) is 0 Å². The first-order chi connectivity index (χ1) is 7.61. The van der Waals surface area contributed by atoms with Crippen molar-refractivity contribution in [3.8, 4) is 0 Å². The molecule has 0 amide bonds. The highest BCUT2D eigenvalue weighted by molar-refractivity contribution is 7.71. The number of hydrogen-bond donors (Lipinski definition) is 1. The molecule has 1 aromatic rings. The number of H-pyrrole nitrogens is 1. The van der Waals surface area contributed by atoms with Gasteiger partial charge in [0.2, 0.25) is 0 Å². The van der Waals surface area contributed by atoms with Crippen molar-refractivity contribution in [1.82, 2.24) is 9.55 Å². The summed E-state index contributed by atoms with van der Waals surface area (Å²) >= 11 is 4.89. The van der Waals surface area contributed by atoms with Crippen LogP contribution in [-0.4, -0.2) is 15.7 Å². The highest BCUT2D eigenvalue weighted by atomic mass is 32.1. The lowest BCUT2D eigenvalue weighted by Crippen LogP contribution is -2.26. The van der Waals surface area contributed by atoms with Gasteiger partial charge in [0.05, 0.1) is 6.10 Å². The SMILES string of the molecule is CCC1OC(n2ccc(=S)[nH]c2=O)CC1C. The molecular formula is C11H16N2O2S. The van der Waals surface area contributed by atoms with E-state index < -0.39 is 0 Å². The summed E-state index contributed by atoms with van der Waals surface area (Å²) < 4.78 is 7.88. The van der Waals surface area contributed by atoms with Crippen molar-refractivity contribution in [2.45, 2.75) is 39.0 Å². The monoisotopic (exact) mass is 240 g/mol. The summed E-state index contributed by atoms with van der Waals surface area (Å²) in [6, 6.07) is 1.71. The molecule has 1 aliphatic heterocycles. The first-order valence-electron chi connectivity index (χ1n) is 5.58. The molecule has 4 nitrogen and oxygen atoms in total. The van der Waals surface area contributed by atoms with Gasteiger partial charge in [-0.2, -0.15) is 0 Å². The van der Waals surface area contributed by atoms with E-state index in [2.05, 4.69) is 18.8 Å². The Hall–Kier alpha value is -0.940. The lowest BCUT2D eigenvalue weighted by atomic mass is 10.0. The molecule has 0 radical (unpaired) electrons. The van der Waals surface area contributed by atoms with E-state index in [-0.39, 0.29) is 18.0 Å². The molecule has 1 fully saturated rings. The van der Waals surface area contributed by atoms with E-state index in [1.165, 1.54) is 0 Å². The largest absolute Gasteiger partial charge is 0.354 e. The number of hydrogen-bond acceptors (Lipinski definition) is 3. The topological polar surface area (TPSA) is 47.0 Å². The third kappa shape index (κ3) is 2.10. The Kier molecular flexibility index (Phi) is 3.25. The summed E-state index contributed by atoms with van der Waals surface area (Å²) in [6.07, 6.45) is 3.66. The van der Waals surface area contributed by atoms with Crippen LogP contribution in [0.15, 0.2) is 17.1 Å². The number of rotatable bonds is 2. The average Bonchev–Trinajstić information content (AvgIpc) is 2.59. The lowest BCUT2D eigenvalue weighted by molar-refractivity contribution is -0.00755. The smallest absolute Gasteiger partial charge is 0.328 e. The maximum absolute atomic E-state index is 11.7. The van der Waals surface area contributed by atoms with Crippen LogP contribution < -0.4 is 5.69 Å². The second-order valence-electron chi connectivity index (χ2n) is 4.27. The van der Waals surface area contributed by atoms with Gasteiger partial charge in [0, 0.05) is 6.20 Å². The van der Waals surface area contributed by atoms with Crippen LogP contribution in [0.3, 0.4) is 0 Å². The van der Waals surface area contributed by atoms with Gasteiger partial charge < -0.3 is 4.74 Å². The molecule has 88 valence electrons. The molecule has 0 spiro atoms. The summed E-state index contributed by atoms with van der Waals surface area (Å²) in [5, 5.41) is 0. The van der Waals surface area contributed by atoms with Crippen LogP contribution in [0.1, 0.15) is 32.9 Å². The Morgan fingerprint density at radius 2 is 2.44 bits per heavy atom. The molecule has 0 saturated carbocycles. The Morgan fingerprint density at radius 3 is 3.00 bits per heavy atom. The van der Waals surface area contributed by atoms with E-state index in [9.17, 15) is 4.79 Å². The van der Waals surface area contributed by atoms with Gasteiger partial charge in [0.25, 0.3) is 0 Å². The average molecular weight is 240 g/mol. The molecule has 1 aromatic heterocycles. The molecule has 0 aliphatic carbocycles. The molecule has 5 heteroatoms. The summed E-state index contributed by atoms with van der Waals surface area (Å²) in [5.41, 5.74) is -0.193. The first kappa shape index (κ1) is 11.5. The van der Waals surface area contributed by atoms with Gasteiger partial charge in [-0.1, -0.05) is 26.1 Å². The van der Waals surface area contributed by atoms with Gasteiger partial charge in [-0.25, -0.2) is 4.79 Å². The van der Waals surface area contributed by atoms with Crippen LogP contribution in [0.2, 0.25) is 0 Å². The first-order valence-corrected chi connectivity index (χ1v) is 5.99. The van der Waals surface area contributed by atoms with Crippen molar-refractivity contribution in [2.24, 2.45) is 5.92 Å². The second kappa shape index (κ2) is 4.51. The van der Waals surface area contributed by atoms with E-state index in [0.717, 1.165) is 12.8 Å². The zero-order chi connectivity index (χ0) is 11.7. The maximum atomic E-state index is 11.7. The predicted molar refractivity (Wildman–Crippen MR) is 63.9 cm³/mol. The normalized spacial score (nSPS) is 29.5. The molecule has 2 rings (SSSR count). The summed E-state index contributed by atoms with van der Waals surface area (Å²) in [6.45, 7) is 4.26. The molecule has 1 saturated heterocycles. The fraction of sp³-hybridized carbons (Fsp3) is 0.636. The molecule has 0 bridgehead atoms. The molecule has 2 heterocycles. The summed E-state index contributed by atoms with van der Waals surface area (Å²) in [4.78, 5) is 14.3. The van der Waals surface area contributed by atoms with Crippen LogP contribution in [0, 0.1) is 10.6 Å². The molecule has 1 aliphatic rings. The van der Waals surface area contributed by atoms with Crippen molar-refractivity contribution >= 4 is 12.2 Å². The number of ether oxygens (including phenoxy) is 1. The van der Waals surface area contributed by atoms with Crippen LogP contribution in [-0.2, 0) is 4.74 Å². The van der Waals surface area contributed by atoms with E-state index in [4.69, 9.17) is 17.0 Å². The van der Waals surface area contributed by atoms with Gasteiger partial charge in [0.1, 0.15) is 10.9 Å². The molecule has 3 atom stereocenters. The van der Waals surface area contributed by atoms with E-state index in [1.54, 1.807) is 16.8 Å². The quantitative estimate of drug-likeness (QED) is 0.806. The second-order valence-corrected chi connectivity index (χ2v) is 4.71. The number of aromatic amines is 1. The van der Waals surface area contributed by atoms with E-state index >= 15 is 0 Å². The van der Waals surface area contributed by atoms with Crippen molar-refractivity contribution in [3.05, 3.63) is 27.4 Å². The Morgan fingerprint density at radius 1 is 1.69 bits per heavy atom. The fourth-order valence-corrected chi connectivity index (χ4v) is 2.34. The van der Waals surface area contributed by atoms with Crippen molar-refractivity contribution in [3.63, 3.8) is 0 Å². The minimum absolute atomic E-state index is 0.153. The van der Waals surface area contributed by atoms with Gasteiger partial charge in [0.15, 0.2) is 0 Å². The van der Waals surface area contributed by atoms with Crippen LogP contribution >= 0.6 is 12.2 Å². The highest BCUT2D eigenvalue weighted by Crippen LogP contribution is 2.33. The minimum atomic E-state index is -0.193. The third-order valence-corrected chi connectivity index (χ3v) is 3.34. The highest BCUT2D eigenvalue weighted by Gasteiger charge is 2.32. The molecular weight excluding hydrogens is 224 g/mol. The summed E-state index contributed by atoms with van der Waals surface area (Å²) in [7, 11) is 0. The Bertz CT molecular complexity index is 479. The Labute approximate surface area is 99.3 Å². The van der Waals surface area contributed by atoms with Gasteiger partial charge in [-0.3, -0.25) is 9.55 Å². The molecule has 16 heavy (non-hydrogen) atoms. The number of aromatic nitrogens is 2. The van der Waals surface area contributed by atoms with Crippen LogP contribution in [0.4, 0.5) is 0 Å². The molecule has 3 unspecified atom stereocenters. The fourth-order valence-electron chi connectivity index (χ4n) is 2.19. The van der Waals surface area contributed by atoms with Crippen LogP contribution in [0.25, 0.3) is 0 Å². The summed E-state index contributed by atoms with van der Waals surface area (Å²) in [5.74, 6) is 0.491. The standard InChI is InChI=1S/C11H16N2O2S/c1-3-8-7(2)6-10(15-8)13-5-4-9(16)12-11(13)14/h4-5,7-8,10H,3,6H2,1-2H3,(H,12,14,16). The lowest BCUT2D eigenvalue weighted by Gasteiger charge is -2.14. The third-order valence-electron chi connectivity index (χ3n) is 3.10. The predicted octanol–water partition coefficient (Wildman–Crippen LogP) is 2.24. The van der Waals surface area contributed by atoms with Gasteiger partial charge in [-0.05, 0) is 24.8 Å². The van der Waals surface area contributed by atoms with Gasteiger partial charge >= 0.3 is 5.69 Å². The molecule has 1 N–H and O–H groups in total. The van der Waals surface area contributed by atoms with Crippen LogP contribution in [0.5, 0.6) is 0 Å². The van der Waals surface area contributed by atoms with E-state index in [1.807, 2.05) is 0 Å². The van der Waals surface area contributed by atoms with Gasteiger partial charge in [-0.15, -0.1) is 0 Å². The maximum Gasteiger partial charge on any atom is 0.328 e. The minimum Gasteiger partial charge on any atom is -0.354 e. The van der Waals surface area contributed by atoms with E-state index in [0.29, 0.717) is 10.6 Å². The molecule has 0 aromatic carbocycles. The Balaban J connectivity index is 2.27. The van der Waals surface area contributed by atoms with Crippen molar-refractivity contribution in [1.29, 1.82) is 0 Å². The number of nitrogens with one attached hydrogen (secondary N) is 1. The zero-order valence-corrected chi connectivity index (χ0v) is 10.3.